The van der Waals surface area contributed by atoms with Crippen molar-refractivity contribution in [3.05, 3.63) is 0 Å². The molecule has 0 aliphatic carbocycles. The van der Waals surface area contributed by atoms with E-state index >= 15 is 0 Å². The fraction of sp³-hybridized carbons (Fsp3) is 0.889. The maximum Gasteiger partial charge on any atom is 0.105 e. The van der Waals surface area contributed by atoms with Crippen LogP contribution in [0.2, 0.25) is 0 Å². The molecule has 4 heteroatoms. The Kier molecular flexibility index (Phi) is 1.71. The fourth-order valence-corrected chi connectivity index (χ4v) is 3.60. The lowest BCUT2D eigenvalue weighted by atomic mass is 9.72. The van der Waals surface area contributed by atoms with Crippen LogP contribution < -0.4 is 5.43 Å². The smallest absolute Gasteiger partial charge is 0.105 e. The van der Waals surface area contributed by atoms with Gasteiger partial charge >= 0.3 is 0 Å². The van der Waals surface area contributed by atoms with Gasteiger partial charge in [-0.15, -0.1) is 0 Å². The average Bonchev–Trinajstić information content (AvgIpc) is 2.49. The number of rotatable bonds is 0. The van der Waals surface area contributed by atoms with E-state index < -0.39 is 0 Å². The summed E-state index contributed by atoms with van der Waals surface area (Å²) < 4.78 is 1.10. The van der Waals surface area contributed by atoms with Gasteiger partial charge in [0.05, 0.1) is 5.54 Å². The normalized spacial score (nSPS) is 47.9. The second-order valence-electron chi connectivity index (χ2n) is 4.48. The first kappa shape index (κ1) is 8.24. The van der Waals surface area contributed by atoms with Gasteiger partial charge in [-0.3, -0.25) is 0 Å². The minimum Gasteiger partial charge on any atom is -0.301 e. The minimum atomic E-state index is 0.287. The quantitative estimate of drug-likeness (QED) is 0.692. The van der Waals surface area contributed by atoms with E-state index in [0.717, 1.165) is 17.0 Å². The summed E-state index contributed by atoms with van der Waals surface area (Å²) in [6.07, 6.45) is 3.79. The van der Waals surface area contributed by atoms with Gasteiger partial charge in [-0.2, -0.15) is 5.10 Å². The van der Waals surface area contributed by atoms with Crippen LogP contribution >= 0.6 is 15.9 Å². The third kappa shape index (κ3) is 1.15. The van der Waals surface area contributed by atoms with Gasteiger partial charge in [-0.05, 0) is 47.8 Å². The molecule has 1 N–H and O–H groups in total. The summed E-state index contributed by atoms with van der Waals surface area (Å²) in [5.74, 6) is 0.844. The molecule has 0 radical (unpaired) electrons. The van der Waals surface area contributed by atoms with Crippen molar-refractivity contribution in [3.63, 3.8) is 0 Å². The molecule has 4 aliphatic heterocycles. The van der Waals surface area contributed by atoms with Crippen LogP contribution in [-0.4, -0.2) is 34.7 Å². The fourth-order valence-electron chi connectivity index (χ4n) is 3.01. The van der Waals surface area contributed by atoms with E-state index in [1.165, 1.54) is 32.5 Å². The molecule has 2 bridgehead atoms. The Hall–Kier alpha value is -0.0900. The summed E-state index contributed by atoms with van der Waals surface area (Å²) in [5, 5.41) is 4.29. The zero-order chi connectivity index (χ0) is 8.89. The second kappa shape index (κ2) is 2.70. The lowest BCUT2D eigenvalue weighted by Gasteiger charge is -2.51. The molecule has 4 rings (SSSR count). The third-order valence-electron chi connectivity index (χ3n) is 3.74. The zero-order valence-corrected chi connectivity index (χ0v) is 9.18. The summed E-state index contributed by atoms with van der Waals surface area (Å²) in [6.45, 7) is 3.79. The molecule has 1 unspecified atom stereocenters. The number of hydrazone groups is 1. The predicted molar refractivity (Wildman–Crippen MR) is 56.0 cm³/mol. The molecular weight excluding hydrogens is 230 g/mol. The standard InChI is InChI=1S/C9H14BrN3/c10-8-5-9(12-11-8)6-13-3-1-7(9)2-4-13/h7,12H,1-6H2. The Balaban J connectivity index is 1.85. The van der Waals surface area contributed by atoms with Gasteiger partial charge in [0.25, 0.3) is 0 Å². The van der Waals surface area contributed by atoms with Crippen LogP contribution in [0.3, 0.4) is 0 Å². The van der Waals surface area contributed by atoms with Gasteiger partial charge in [0.1, 0.15) is 4.62 Å². The van der Waals surface area contributed by atoms with Crippen molar-refractivity contribution in [1.29, 1.82) is 0 Å². The number of nitrogens with zero attached hydrogens (tertiary/aromatic N) is 2. The number of nitrogens with one attached hydrogen (secondary N) is 1. The summed E-state index contributed by atoms with van der Waals surface area (Å²) in [4.78, 5) is 2.56. The van der Waals surface area contributed by atoms with Crippen molar-refractivity contribution >= 4 is 20.6 Å². The molecule has 0 saturated carbocycles. The van der Waals surface area contributed by atoms with Crippen molar-refractivity contribution in [2.45, 2.75) is 24.8 Å². The van der Waals surface area contributed by atoms with Gasteiger partial charge in [-0.25, -0.2) is 0 Å². The molecule has 1 spiro atoms. The predicted octanol–water partition coefficient (Wildman–Crippen LogP) is 1.15. The SMILES string of the molecule is BrC1=NNC2(C1)CN1CCC2CC1. The molecule has 0 aromatic rings. The van der Waals surface area contributed by atoms with E-state index in [4.69, 9.17) is 0 Å². The molecule has 0 aromatic heterocycles. The first-order valence-electron chi connectivity index (χ1n) is 5.00. The van der Waals surface area contributed by atoms with Gasteiger partial charge in [0, 0.05) is 13.0 Å². The van der Waals surface area contributed by atoms with Crippen LogP contribution in [0.25, 0.3) is 0 Å². The summed E-state index contributed by atoms with van der Waals surface area (Å²) in [5.41, 5.74) is 3.64. The number of fused-ring (bicyclic) bond motifs is 2. The topological polar surface area (TPSA) is 27.6 Å². The summed E-state index contributed by atoms with van der Waals surface area (Å²) in [6, 6.07) is 0. The largest absolute Gasteiger partial charge is 0.301 e. The molecule has 3 saturated heterocycles. The van der Waals surface area contributed by atoms with Gasteiger partial charge < -0.3 is 10.3 Å². The molecule has 72 valence electrons. The van der Waals surface area contributed by atoms with E-state index in [1.807, 2.05) is 0 Å². The Labute approximate surface area is 86.7 Å². The van der Waals surface area contributed by atoms with Crippen LogP contribution in [0.1, 0.15) is 19.3 Å². The van der Waals surface area contributed by atoms with Crippen molar-refractivity contribution in [1.82, 2.24) is 10.3 Å². The molecule has 4 aliphatic rings. The van der Waals surface area contributed by atoms with E-state index in [2.05, 4.69) is 31.4 Å². The van der Waals surface area contributed by atoms with E-state index in [9.17, 15) is 0 Å². The summed E-state index contributed by atoms with van der Waals surface area (Å²) in [7, 11) is 0. The monoisotopic (exact) mass is 243 g/mol. The Bertz CT molecular complexity index is 258. The van der Waals surface area contributed by atoms with Crippen LogP contribution in [0.4, 0.5) is 0 Å². The second-order valence-corrected chi connectivity index (χ2v) is 5.40. The molecule has 3 nitrogen and oxygen atoms in total. The maximum atomic E-state index is 4.29. The number of halogens is 1. The highest BCUT2D eigenvalue weighted by Gasteiger charge is 2.49. The average molecular weight is 244 g/mol. The molecule has 1 atom stereocenters. The van der Waals surface area contributed by atoms with Crippen molar-refractivity contribution in [3.8, 4) is 0 Å². The highest BCUT2D eigenvalue weighted by molar-refractivity contribution is 9.18. The first-order chi connectivity index (χ1) is 6.28. The zero-order valence-electron chi connectivity index (χ0n) is 7.59. The van der Waals surface area contributed by atoms with Gasteiger partial charge in [0.15, 0.2) is 0 Å². The Morgan fingerprint density at radius 3 is 2.69 bits per heavy atom. The van der Waals surface area contributed by atoms with Crippen LogP contribution in [0, 0.1) is 5.92 Å². The highest BCUT2D eigenvalue weighted by Crippen LogP contribution is 2.40. The Morgan fingerprint density at radius 2 is 2.23 bits per heavy atom. The van der Waals surface area contributed by atoms with Crippen LogP contribution in [-0.2, 0) is 0 Å². The number of hydrogen-bond acceptors (Lipinski definition) is 3. The first-order valence-corrected chi connectivity index (χ1v) is 5.79. The van der Waals surface area contributed by atoms with E-state index in [1.54, 1.807) is 0 Å². The van der Waals surface area contributed by atoms with Gasteiger partial charge in [0.2, 0.25) is 0 Å². The molecular formula is C9H14BrN3. The van der Waals surface area contributed by atoms with Gasteiger partial charge in [-0.1, -0.05) is 0 Å². The Morgan fingerprint density at radius 1 is 1.46 bits per heavy atom. The lowest BCUT2D eigenvalue weighted by molar-refractivity contribution is 0.0163. The lowest BCUT2D eigenvalue weighted by Crippen LogP contribution is -2.63. The van der Waals surface area contributed by atoms with Crippen LogP contribution in [0.5, 0.6) is 0 Å². The van der Waals surface area contributed by atoms with Crippen molar-refractivity contribution in [2.24, 2.45) is 11.0 Å². The highest BCUT2D eigenvalue weighted by atomic mass is 79.9. The maximum absolute atomic E-state index is 4.29. The molecule has 0 amide bonds. The summed E-state index contributed by atoms with van der Waals surface area (Å²) >= 11 is 3.49. The molecule has 3 fully saturated rings. The van der Waals surface area contributed by atoms with E-state index in [-0.39, 0.29) is 5.54 Å². The number of hydrogen-bond donors (Lipinski definition) is 1. The molecule has 13 heavy (non-hydrogen) atoms. The number of piperidine rings is 3. The molecule has 4 heterocycles. The van der Waals surface area contributed by atoms with E-state index in [0.29, 0.717) is 0 Å². The van der Waals surface area contributed by atoms with Crippen LogP contribution in [0.15, 0.2) is 5.10 Å². The van der Waals surface area contributed by atoms with Crippen molar-refractivity contribution in [2.75, 3.05) is 19.6 Å². The molecule has 0 aromatic carbocycles. The van der Waals surface area contributed by atoms with Crippen molar-refractivity contribution < 1.29 is 0 Å². The minimum absolute atomic E-state index is 0.287. The third-order valence-corrected chi connectivity index (χ3v) is 4.19.